The first-order valence-electron chi connectivity index (χ1n) is 6.29. The molecule has 0 saturated heterocycles. The van der Waals surface area contributed by atoms with E-state index in [-0.39, 0.29) is 5.56 Å². The van der Waals surface area contributed by atoms with Gasteiger partial charge in [0.15, 0.2) is 5.82 Å². The van der Waals surface area contributed by atoms with Gasteiger partial charge in [-0.1, -0.05) is 23.7 Å². The first kappa shape index (κ1) is 14.3. The molecule has 0 amide bonds. The van der Waals surface area contributed by atoms with Gasteiger partial charge >= 0.3 is 0 Å². The molecule has 6 heteroatoms. The lowest BCUT2D eigenvalue weighted by Gasteiger charge is -2.02. The summed E-state index contributed by atoms with van der Waals surface area (Å²) in [6.07, 6.45) is 2.33. The van der Waals surface area contributed by atoms with Gasteiger partial charge in [-0.05, 0) is 52.4 Å². The maximum atomic E-state index is 12.1. The Morgan fingerprint density at radius 1 is 1.19 bits per heavy atom. The van der Waals surface area contributed by atoms with Crippen molar-refractivity contribution in [1.82, 2.24) is 14.8 Å². The number of hydrogen-bond donors (Lipinski definition) is 1. The topological polar surface area (TPSA) is 50.7 Å². The van der Waals surface area contributed by atoms with Gasteiger partial charge in [-0.15, -0.1) is 0 Å². The fraction of sp³-hybridized carbons (Fsp3) is 0.0667. The lowest BCUT2D eigenvalue weighted by atomic mass is 10.1. The minimum Gasteiger partial charge on any atom is -0.293 e. The second kappa shape index (κ2) is 6.03. The van der Waals surface area contributed by atoms with E-state index in [1.807, 2.05) is 36.4 Å². The summed E-state index contributed by atoms with van der Waals surface area (Å²) in [5.41, 5.74) is 1.81. The number of halogens is 2. The van der Waals surface area contributed by atoms with E-state index in [9.17, 15) is 4.79 Å². The van der Waals surface area contributed by atoms with Crippen LogP contribution in [0.4, 0.5) is 0 Å². The van der Waals surface area contributed by atoms with Crippen molar-refractivity contribution in [3.63, 3.8) is 0 Å². The van der Waals surface area contributed by atoms with Crippen molar-refractivity contribution in [2.45, 2.75) is 6.42 Å². The van der Waals surface area contributed by atoms with Crippen molar-refractivity contribution in [2.75, 3.05) is 0 Å². The second-order valence-corrected chi connectivity index (χ2v) is 6.27. The maximum absolute atomic E-state index is 12.1. The summed E-state index contributed by atoms with van der Waals surface area (Å²) in [5, 5.41) is 3.80. The van der Waals surface area contributed by atoms with E-state index in [2.05, 4.69) is 32.7 Å². The predicted molar refractivity (Wildman–Crippen MR) is 91.2 cm³/mol. The lowest BCUT2D eigenvalue weighted by Crippen LogP contribution is -2.14. The first-order chi connectivity index (χ1) is 10.1. The van der Waals surface area contributed by atoms with Gasteiger partial charge < -0.3 is 0 Å². The minimum atomic E-state index is -0.117. The summed E-state index contributed by atoms with van der Waals surface area (Å²) in [6.45, 7) is 0. The molecule has 106 valence electrons. The molecule has 2 aromatic heterocycles. The predicted octanol–water partition coefficient (Wildman–Crippen LogP) is 3.41. The monoisotopic (exact) mass is 411 g/mol. The van der Waals surface area contributed by atoms with E-state index >= 15 is 0 Å². The van der Waals surface area contributed by atoms with E-state index < -0.39 is 0 Å². The highest BCUT2D eigenvalue weighted by Gasteiger charge is 2.07. The van der Waals surface area contributed by atoms with Crippen LogP contribution in [-0.2, 0) is 6.42 Å². The van der Waals surface area contributed by atoms with Crippen LogP contribution in [0.3, 0.4) is 0 Å². The average molecular weight is 412 g/mol. The van der Waals surface area contributed by atoms with Gasteiger partial charge in [0, 0.05) is 33.0 Å². The highest BCUT2D eigenvalue weighted by atomic mass is 127. The molecule has 0 spiro atoms. The van der Waals surface area contributed by atoms with Crippen molar-refractivity contribution in [3.05, 3.63) is 78.9 Å². The molecule has 0 unspecified atom stereocenters. The van der Waals surface area contributed by atoms with Gasteiger partial charge in [-0.2, -0.15) is 0 Å². The van der Waals surface area contributed by atoms with Crippen LogP contribution in [0, 0.1) is 3.57 Å². The van der Waals surface area contributed by atoms with E-state index in [0.717, 1.165) is 14.8 Å². The Kier molecular flexibility index (Phi) is 4.12. The summed E-state index contributed by atoms with van der Waals surface area (Å²) in [7, 11) is 0. The van der Waals surface area contributed by atoms with Crippen LogP contribution in [0.25, 0.3) is 5.82 Å². The Morgan fingerprint density at radius 2 is 1.95 bits per heavy atom. The third-order valence-corrected chi connectivity index (χ3v) is 3.94. The third kappa shape index (κ3) is 3.36. The Labute approximate surface area is 139 Å². The third-order valence-electron chi connectivity index (χ3n) is 3.02. The molecular weight excluding hydrogens is 401 g/mol. The fourth-order valence-corrected chi connectivity index (χ4v) is 2.61. The van der Waals surface area contributed by atoms with Gasteiger partial charge in [-0.25, -0.2) is 9.67 Å². The van der Waals surface area contributed by atoms with Crippen molar-refractivity contribution >= 4 is 34.2 Å². The minimum absolute atomic E-state index is 0.117. The largest absolute Gasteiger partial charge is 0.293 e. The number of rotatable bonds is 3. The van der Waals surface area contributed by atoms with Crippen LogP contribution in [0.2, 0.25) is 5.02 Å². The molecule has 0 bridgehead atoms. The molecule has 1 aromatic carbocycles. The standard InChI is InChI=1S/C15H11ClIN3O/c16-11-3-1-10(2-4-11)7-13-9-15(21)20(19-13)14-8-12(17)5-6-18-14/h1-6,8-9,19H,7H2. The zero-order valence-corrected chi connectivity index (χ0v) is 13.8. The molecule has 4 nitrogen and oxygen atoms in total. The second-order valence-electron chi connectivity index (χ2n) is 4.59. The molecule has 0 aliphatic heterocycles. The molecular formula is C15H11ClIN3O. The fourth-order valence-electron chi connectivity index (χ4n) is 2.04. The molecule has 3 aromatic rings. The smallest absolute Gasteiger partial charge is 0.272 e. The first-order valence-corrected chi connectivity index (χ1v) is 7.75. The van der Waals surface area contributed by atoms with E-state index in [1.165, 1.54) is 4.68 Å². The highest BCUT2D eigenvalue weighted by Crippen LogP contribution is 2.13. The van der Waals surface area contributed by atoms with Gasteiger partial charge in [0.1, 0.15) is 0 Å². The van der Waals surface area contributed by atoms with Crippen LogP contribution >= 0.6 is 34.2 Å². The number of pyridine rings is 1. The zero-order valence-electron chi connectivity index (χ0n) is 10.9. The summed E-state index contributed by atoms with van der Waals surface area (Å²) < 4.78 is 2.48. The quantitative estimate of drug-likeness (QED) is 0.672. The summed E-state index contributed by atoms with van der Waals surface area (Å²) in [5.74, 6) is 0.592. The molecule has 0 saturated carbocycles. The van der Waals surface area contributed by atoms with Crippen molar-refractivity contribution in [2.24, 2.45) is 0 Å². The molecule has 0 aliphatic rings. The van der Waals surface area contributed by atoms with Gasteiger partial charge in [-0.3, -0.25) is 9.89 Å². The maximum Gasteiger partial charge on any atom is 0.272 e. The van der Waals surface area contributed by atoms with Crippen LogP contribution < -0.4 is 5.56 Å². The van der Waals surface area contributed by atoms with Gasteiger partial charge in [0.25, 0.3) is 5.56 Å². The highest BCUT2D eigenvalue weighted by molar-refractivity contribution is 14.1. The SMILES string of the molecule is O=c1cc(Cc2ccc(Cl)cc2)[nH]n1-c1cc(I)ccn1. The van der Waals surface area contributed by atoms with Crippen LogP contribution in [0.5, 0.6) is 0 Å². The number of nitrogens with one attached hydrogen (secondary N) is 1. The average Bonchev–Trinajstić information content (AvgIpc) is 2.82. The summed E-state index contributed by atoms with van der Waals surface area (Å²) >= 11 is 8.06. The van der Waals surface area contributed by atoms with Crippen LogP contribution in [-0.4, -0.2) is 14.8 Å². The summed E-state index contributed by atoms with van der Waals surface area (Å²) in [4.78, 5) is 16.3. The molecule has 0 fully saturated rings. The van der Waals surface area contributed by atoms with E-state index in [0.29, 0.717) is 17.3 Å². The molecule has 0 radical (unpaired) electrons. The molecule has 0 aliphatic carbocycles. The lowest BCUT2D eigenvalue weighted by molar-refractivity contribution is 0.797. The number of aromatic nitrogens is 3. The Balaban J connectivity index is 1.91. The van der Waals surface area contributed by atoms with Crippen molar-refractivity contribution < 1.29 is 0 Å². The Hall–Kier alpha value is -1.60. The number of aromatic amines is 1. The Bertz CT molecular complexity index is 823. The van der Waals surface area contributed by atoms with E-state index in [1.54, 1.807) is 12.3 Å². The molecule has 2 heterocycles. The number of hydrogen-bond acceptors (Lipinski definition) is 2. The Morgan fingerprint density at radius 3 is 2.67 bits per heavy atom. The molecule has 1 N–H and O–H groups in total. The van der Waals surface area contributed by atoms with Crippen molar-refractivity contribution in [1.29, 1.82) is 0 Å². The molecule has 0 atom stereocenters. The number of H-pyrrole nitrogens is 1. The number of nitrogens with zero attached hydrogens (tertiary/aromatic N) is 2. The van der Waals surface area contributed by atoms with Crippen molar-refractivity contribution in [3.8, 4) is 5.82 Å². The number of benzene rings is 1. The zero-order chi connectivity index (χ0) is 14.8. The van der Waals surface area contributed by atoms with Crippen LogP contribution in [0.15, 0.2) is 53.5 Å². The molecule has 3 rings (SSSR count). The normalized spacial score (nSPS) is 10.8. The summed E-state index contributed by atoms with van der Waals surface area (Å²) in [6, 6.07) is 12.9. The van der Waals surface area contributed by atoms with E-state index in [4.69, 9.17) is 11.6 Å². The van der Waals surface area contributed by atoms with Gasteiger partial charge in [0.05, 0.1) is 0 Å². The molecule has 21 heavy (non-hydrogen) atoms. The van der Waals surface area contributed by atoms with Crippen LogP contribution in [0.1, 0.15) is 11.3 Å². The van der Waals surface area contributed by atoms with Gasteiger partial charge in [0.2, 0.25) is 0 Å².